The van der Waals surface area contributed by atoms with Gasteiger partial charge in [-0.2, -0.15) is 0 Å². The monoisotopic (exact) mass is 314 g/mol. The number of rotatable bonds is 4. The Kier molecular flexibility index (Phi) is 6.44. The Labute approximate surface area is 138 Å². The molecule has 0 spiro atoms. The Morgan fingerprint density at radius 1 is 0.826 bits per heavy atom. The van der Waals surface area contributed by atoms with Gasteiger partial charge in [0.2, 0.25) is 6.79 Å². The van der Waals surface area contributed by atoms with Gasteiger partial charge in [0.05, 0.1) is 0 Å². The smallest absolute Gasteiger partial charge is 0.231 e. The van der Waals surface area contributed by atoms with Gasteiger partial charge in [0, 0.05) is 12.1 Å². The molecule has 124 valence electrons. The zero-order chi connectivity index (χ0) is 16.7. The number of fused-ring (bicyclic) bond motifs is 1. The van der Waals surface area contributed by atoms with Gasteiger partial charge in [-0.25, -0.2) is 0 Å². The largest absolute Gasteiger partial charge is 0.454 e. The summed E-state index contributed by atoms with van der Waals surface area (Å²) in [6.45, 7) is 4.48. The summed E-state index contributed by atoms with van der Waals surface area (Å²) < 4.78 is 10.5. The zero-order valence-electron chi connectivity index (χ0n) is 13.9. The molecule has 0 fully saturated rings. The van der Waals surface area contributed by atoms with Gasteiger partial charge < -0.3 is 20.9 Å². The molecule has 4 heteroatoms. The number of ether oxygens (including phenoxy) is 2. The van der Waals surface area contributed by atoms with Gasteiger partial charge in [0.25, 0.3) is 0 Å². The Morgan fingerprint density at radius 2 is 1.43 bits per heavy atom. The van der Waals surface area contributed by atoms with Crippen molar-refractivity contribution in [2.24, 2.45) is 11.5 Å². The summed E-state index contributed by atoms with van der Waals surface area (Å²) in [5, 5.41) is 0. The Bertz CT molecular complexity index is 602. The SMILES string of the molecule is CC[C@H](N)c1ccc2c(c1)OCO2.CC[C@H](N)c1ccccc1. The first-order valence-corrected chi connectivity index (χ1v) is 8.11. The molecule has 0 radical (unpaired) electrons. The molecule has 0 saturated heterocycles. The average molecular weight is 314 g/mol. The minimum Gasteiger partial charge on any atom is -0.454 e. The lowest BCUT2D eigenvalue weighted by Gasteiger charge is -2.09. The van der Waals surface area contributed by atoms with E-state index in [-0.39, 0.29) is 12.1 Å². The highest BCUT2D eigenvalue weighted by atomic mass is 16.7. The van der Waals surface area contributed by atoms with Crippen molar-refractivity contribution in [3.05, 3.63) is 59.7 Å². The molecule has 0 aliphatic carbocycles. The van der Waals surface area contributed by atoms with Gasteiger partial charge in [-0.15, -0.1) is 0 Å². The third kappa shape index (κ3) is 4.71. The molecule has 2 aromatic rings. The standard InChI is InChI=1S/C10H13NO2.C9H13N/c1-2-8(11)7-3-4-9-10(5-7)13-6-12-9;1-2-9(10)8-6-4-3-5-7-8/h3-5,8H,2,6,11H2,1H3;3-7,9H,2,10H2,1H3/t8-;9-/m00/s1. The van der Waals surface area contributed by atoms with Crippen LogP contribution in [0.15, 0.2) is 48.5 Å². The van der Waals surface area contributed by atoms with Crippen LogP contribution in [-0.2, 0) is 0 Å². The molecule has 2 atom stereocenters. The van der Waals surface area contributed by atoms with Crippen LogP contribution in [0.4, 0.5) is 0 Å². The molecular formula is C19H26N2O2. The molecule has 4 nitrogen and oxygen atoms in total. The Balaban J connectivity index is 0.000000174. The van der Waals surface area contributed by atoms with Crippen LogP contribution in [0.2, 0.25) is 0 Å². The van der Waals surface area contributed by atoms with Gasteiger partial charge in [-0.1, -0.05) is 50.2 Å². The van der Waals surface area contributed by atoms with Crippen molar-refractivity contribution in [1.82, 2.24) is 0 Å². The molecule has 4 N–H and O–H groups in total. The molecule has 0 aromatic heterocycles. The van der Waals surface area contributed by atoms with Crippen molar-refractivity contribution in [3.63, 3.8) is 0 Å². The van der Waals surface area contributed by atoms with Crippen LogP contribution < -0.4 is 20.9 Å². The van der Waals surface area contributed by atoms with E-state index in [9.17, 15) is 0 Å². The number of hydrogen-bond donors (Lipinski definition) is 2. The summed E-state index contributed by atoms with van der Waals surface area (Å²) in [6.07, 6.45) is 1.93. The van der Waals surface area contributed by atoms with Gasteiger partial charge >= 0.3 is 0 Å². The van der Waals surface area contributed by atoms with E-state index in [0.717, 1.165) is 29.9 Å². The van der Waals surface area contributed by atoms with Gasteiger partial charge in [-0.3, -0.25) is 0 Å². The van der Waals surface area contributed by atoms with E-state index in [0.29, 0.717) is 6.79 Å². The number of nitrogens with two attached hydrogens (primary N) is 2. The lowest BCUT2D eigenvalue weighted by molar-refractivity contribution is 0.174. The summed E-state index contributed by atoms with van der Waals surface area (Å²) in [5.74, 6) is 1.62. The van der Waals surface area contributed by atoms with Gasteiger partial charge in [-0.05, 0) is 36.1 Å². The molecule has 1 aliphatic rings. The van der Waals surface area contributed by atoms with Crippen LogP contribution in [0.25, 0.3) is 0 Å². The van der Waals surface area contributed by atoms with Crippen molar-refractivity contribution in [2.75, 3.05) is 6.79 Å². The third-order valence-corrected chi connectivity index (χ3v) is 3.93. The minimum atomic E-state index is 0.0921. The first-order valence-electron chi connectivity index (χ1n) is 8.11. The topological polar surface area (TPSA) is 70.5 Å². The molecule has 3 rings (SSSR count). The minimum absolute atomic E-state index is 0.0921. The molecule has 0 amide bonds. The zero-order valence-corrected chi connectivity index (χ0v) is 13.9. The predicted octanol–water partition coefficient (Wildman–Crippen LogP) is 3.92. The van der Waals surface area contributed by atoms with E-state index in [2.05, 4.69) is 26.0 Å². The molecule has 0 bridgehead atoms. The Hall–Kier alpha value is -2.04. The Morgan fingerprint density at radius 3 is 2.09 bits per heavy atom. The van der Waals surface area contributed by atoms with E-state index in [1.165, 1.54) is 5.56 Å². The highest BCUT2D eigenvalue weighted by Gasteiger charge is 2.14. The van der Waals surface area contributed by atoms with Crippen LogP contribution >= 0.6 is 0 Å². The van der Waals surface area contributed by atoms with Crippen molar-refractivity contribution in [3.8, 4) is 11.5 Å². The normalized spacial score (nSPS) is 14.6. The van der Waals surface area contributed by atoms with Crippen molar-refractivity contribution < 1.29 is 9.47 Å². The fraction of sp³-hybridized carbons (Fsp3) is 0.368. The van der Waals surface area contributed by atoms with E-state index >= 15 is 0 Å². The van der Waals surface area contributed by atoms with Crippen molar-refractivity contribution in [1.29, 1.82) is 0 Å². The average Bonchev–Trinajstić information content (AvgIpc) is 3.09. The molecular weight excluding hydrogens is 288 g/mol. The first-order chi connectivity index (χ1) is 11.2. The predicted molar refractivity (Wildman–Crippen MR) is 93.4 cm³/mol. The fourth-order valence-electron chi connectivity index (χ4n) is 2.32. The van der Waals surface area contributed by atoms with Gasteiger partial charge in [0.1, 0.15) is 0 Å². The maximum absolute atomic E-state index is 5.89. The van der Waals surface area contributed by atoms with Crippen LogP contribution in [-0.4, -0.2) is 6.79 Å². The van der Waals surface area contributed by atoms with E-state index in [4.69, 9.17) is 20.9 Å². The van der Waals surface area contributed by atoms with E-state index in [1.54, 1.807) is 0 Å². The van der Waals surface area contributed by atoms with Crippen molar-refractivity contribution >= 4 is 0 Å². The summed E-state index contributed by atoms with van der Waals surface area (Å²) >= 11 is 0. The second kappa shape index (κ2) is 8.56. The van der Waals surface area contributed by atoms with Gasteiger partial charge in [0.15, 0.2) is 11.5 Å². The molecule has 2 aromatic carbocycles. The summed E-state index contributed by atoms with van der Waals surface area (Å²) in [5.41, 5.74) is 14.0. The highest BCUT2D eigenvalue weighted by Crippen LogP contribution is 2.34. The second-order valence-electron chi connectivity index (χ2n) is 5.55. The summed E-state index contributed by atoms with van der Waals surface area (Å²) in [4.78, 5) is 0. The van der Waals surface area contributed by atoms with Crippen LogP contribution in [0.5, 0.6) is 11.5 Å². The van der Waals surface area contributed by atoms with Crippen LogP contribution in [0, 0.1) is 0 Å². The number of benzene rings is 2. The first kappa shape index (κ1) is 17.3. The lowest BCUT2D eigenvalue weighted by Crippen LogP contribution is -2.08. The van der Waals surface area contributed by atoms with Crippen molar-refractivity contribution in [2.45, 2.75) is 38.8 Å². The van der Waals surface area contributed by atoms with Crippen LogP contribution in [0.1, 0.15) is 49.9 Å². The molecule has 1 aliphatic heterocycles. The highest BCUT2D eigenvalue weighted by molar-refractivity contribution is 5.45. The second-order valence-corrected chi connectivity index (χ2v) is 5.55. The maximum Gasteiger partial charge on any atom is 0.231 e. The molecule has 23 heavy (non-hydrogen) atoms. The van der Waals surface area contributed by atoms with E-state index < -0.39 is 0 Å². The summed E-state index contributed by atoms with van der Waals surface area (Å²) in [6, 6.07) is 16.3. The maximum atomic E-state index is 5.89. The molecule has 1 heterocycles. The van der Waals surface area contributed by atoms with Crippen LogP contribution in [0.3, 0.4) is 0 Å². The molecule has 0 saturated carbocycles. The van der Waals surface area contributed by atoms with E-state index in [1.807, 2.05) is 36.4 Å². The quantitative estimate of drug-likeness (QED) is 0.897. The lowest BCUT2D eigenvalue weighted by atomic mass is 10.1. The molecule has 0 unspecified atom stereocenters. The third-order valence-electron chi connectivity index (χ3n) is 3.93. The number of hydrogen-bond acceptors (Lipinski definition) is 4. The summed E-state index contributed by atoms with van der Waals surface area (Å²) in [7, 11) is 0. The fourth-order valence-corrected chi connectivity index (χ4v) is 2.32.